The quantitative estimate of drug-likeness (QED) is 0.399. The van der Waals surface area contributed by atoms with Crippen LogP contribution in [0.3, 0.4) is 0 Å². The van der Waals surface area contributed by atoms with Gasteiger partial charge >= 0.3 is 5.97 Å². The van der Waals surface area contributed by atoms with Crippen LogP contribution in [-0.2, 0) is 4.79 Å². The lowest BCUT2D eigenvalue weighted by Crippen LogP contribution is -2.33. The highest BCUT2D eigenvalue weighted by atomic mass is 16.5. The summed E-state index contributed by atoms with van der Waals surface area (Å²) in [4.78, 5) is 24.0. The Balaban J connectivity index is 1.91. The van der Waals surface area contributed by atoms with Crippen molar-refractivity contribution in [2.45, 2.75) is 45.6 Å². The number of unbranched alkanes of at least 4 members (excludes halogenated alkanes) is 1. The molecule has 0 aliphatic rings. The van der Waals surface area contributed by atoms with Crippen molar-refractivity contribution in [2.24, 2.45) is 0 Å². The van der Waals surface area contributed by atoms with E-state index in [-0.39, 0.29) is 18.4 Å². The molecule has 0 aliphatic heterocycles. The Hall–Kier alpha value is -3.54. The van der Waals surface area contributed by atoms with Gasteiger partial charge in [-0.1, -0.05) is 48.9 Å². The first-order valence-electron chi connectivity index (χ1n) is 10.8. The number of carbonyl (C=O) groups excluding carboxylic acids is 1. The summed E-state index contributed by atoms with van der Waals surface area (Å²) in [7, 11) is 1.61. The van der Waals surface area contributed by atoms with Crippen LogP contribution in [0.5, 0.6) is 5.75 Å². The molecule has 1 amide bonds. The Morgan fingerprint density at radius 1 is 1.03 bits per heavy atom. The van der Waals surface area contributed by atoms with Crippen LogP contribution >= 0.6 is 0 Å². The molecular formula is C26H29NO5. The summed E-state index contributed by atoms with van der Waals surface area (Å²) in [5.74, 6) is 0.923. The zero-order valence-corrected chi connectivity index (χ0v) is 18.7. The van der Waals surface area contributed by atoms with E-state index in [0.717, 1.165) is 28.9 Å². The SMILES string of the molecule is COc1ccc(-c2c(-c3ccccc3)oc(C)c2C(=O)N[C@@H](C)CCCCC(=O)O)cc1. The van der Waals surface area contributed by atoms with Crippen LogP contribution in [0.4, 0.5) is 0 Å². The number of amides is 1. The molecule has 2 aromatic carbocycles. The largest absolute Gasteiger partial charge is 0.497 e. The molecule has 1 atom stereocenters. The van der Waals surface area contributed by atoms with Crippen LogP contribution in [0.15, 0.2) is 59.0 Å². The second-order valence-electron chi connectivity index (χ2n) is 7.85. The third-order valence-electron chi connectivity index (χ3n) is 5.38. The molecule has 32 heavy (non-hydrogen) atoms. The van der Waals surface area contributed by atoms with E-state index >= 15 is 0 Å². The van der Waals surface area contributed by atoms with Gasteiger partial charge in [0.1, 0.15) is 17.3 Å². The minimum atomic E-state index is -0.798. The first kappa shape index (κ1) is 23.1. The number of carboxylic acids is 1. The Bertz CT molecular complexity index is 1050. The molecule has 3 rings (SSSR count). The third-order valence-corrected chi connectivity index (χ3v) is 5.38. The molecule has 0 unspecified atom stereocenters. The molecule has 0 bridgehead atoms. The Labute approximate surface area is 188 Å². The zero-order valence-electron chi connectivity index (χ0n) is 18.7. The smallest absolute Gasteiger partial charge is 0.303 e. The number of furan rings is 1. The standard InChI is InChI=1S/C26H29NO5/c1-17(9-7-8-12-22(28)29)27-26(30)23-18(2)32-25(20-10-5-4-6-11-20)24(23)19-13-15-21(31-3)16-14-19/h4-6,10-11,13-17H,7-9,12H2,1-3H3,(H,27,30)(H,28,29)/t17-/m0/s1. The number of hydrogen-bond donors (Lipinski definition) is 2. The van der Waals surface area contributed by atoms with E-state index in [1.165, 1.54) is 0 Å². The molecule has 1 heterocycles. The first-order chi connectivity index (χ1) is 15.4. The lowest BCUT2D eigenvalue weighted by Gasteiger charge is -2.14. The summed E-state index contributed by atoms with van der Waals surface area (Å²) < 4.78 is 11.4. The van der Waals surface area contributed by atoms with Gasteiger partial charge < -0.3 is 19.6 Å². The number of methoxy groups -OCH3 is 1. The number of rotatable bonds is 10. The van der Waals surface area contributed by atoms with Crippen molar-refractivity contribution in [1.29, 1.82) is 0 Å². The number of aliphatic carboxylic acids is 1. The maximum atomic E-state index is 13.3. The fourth-order valence-electron chi connectivity index (χ4n) is 3.74. The number of benzene rings is 2. The normalized spacial score (nSPS) is 11.7. The molecular weight excluding hydrogens is 406 g/mol. The molecule has 3 aromatic rings. The van der Waals surface area contributed by atoms with E-state index in [2.05, 4.69) is 5.32 Å². The molecule has 0 saturated heterocycles. The second kappa shape index (κ2) is 10.7. The average Bonchev–Trinajstić information content (AvgIpc) is 3.14. The van der Waals surface area contributed by atoms with Crippen molar-refractivity contribution in [3.8, 4) is 28.2 Å². The maximum absolute atomic E-state index is 13.3. The summed E-state index contributed by atoms with van der Waals surface area (Å²) in [5, 5.41) is 11.8. The summed E-state index contributed by atoms with van der Waals surface area (Å²) in [6.07, 6.45) is 2.18. The molecule has 0 fully saturated rings. The van der Waals surface area contributed by atoms with Gasteiger partial charge in [-0.05, 0) is 44.4 Å². The number of carbonyl (C=O) groups is 2. The predicted octanol–water partition coefficient (Wildman–Crippen LogP) is 5.69. The highest BCUT2D eigenvalue weighted by Crippen LogP contribution is 2.39. The molecule has 6 heteroatoms. The van der Waals surface area contributed by atoms with Crippen molar-refractivity contribution < 1.29 is 23.8 Å². The number of nitrogens with one attached hydrogen (secondary N) is 1. The van der Waals surface area contributed by atoms with Crippen molar-refractivity contribution in [3.63, 3.8) is 0 Å². The van der Waals surface area contributed by atoms with Gasteiger partial charge in [-0.25, -0.2) is 0 Å². The zero-order chi connectivity index (χ0) is 23.1. The molecule has 0 saturated carbocycles. The van der Waals surface area contributed by atoms with Crippen molar-refractivity contribution in [2.75, 3.05) is 7.11 Å². The highest BCUT2D eigenvalue weighted by Gasteiger charge is 2.26. The van der Waals surface area contributed by atoms with Crippen LogP contribution in [0.25, 0.3) is 22.5 Å². The van der Waals surface area contributed by atoms with E-state index in [1.54, 1.807) is 14.0 Å². The topological polar surface area (TPSA) is 88.8 Å². The van der Waals surface area contributed by atoms with Crippen LogP contribution in [0.2, 0.25) is 0 Å². The van der Waals surface area contributed by atoms with Crippen LogP contribution < -0.4 is 10.1 Å². The minimum absolute atomic E-state index is 0.0884. The van der Waals surface area contributed by atoms with Gasteiger partial charge in [0.05, 0.1) is 12.7 Å². The fraction of sp³-hybridized carbons (Fsp3) is 0.308. The first-order valence-corrected chi connectivity index (χ1v) is 10.8. The average molecular weight is 436 g/mol. The van der Waals surface area contributed by atoms with Crippen molar-refractivity contribution in [1.82, 2.24) is 5.32 Å². The molecule has 0 aliphatic carbocycles. The van der Waals surface area contributed by atoms with Gasteiger partial charge in [-0.15, -0.1) is 0 Å². The van der Waals surface area contributed by atoms with Crippen molar-refractivity contribution in [3.05, 3.63) is 65.9 Å². The highest BCUT2D eigenvalue weighted by molar-refractivity contribution is 6.05. The lowest BCUT2D eigenvalue weighted by atomic mass is 9.96. The van der Waals surface area contributed by atoms with E-state index in [1.807, 2.05) is 61.5 Å². The Morgan fingerprint density at radius 2 is 1.72 bits per heavy atom. The van der Waals surface area contributed by atoms with Crippen LogP contribution in [-0.4, -0.2) is 30.1 Å². The number of aryl methyl sites for hydroxylation is 1. The van der Waals surface area contributed by atoms with Gasteiger partial charge in [-0.3, -0.25) is 9.59 Å². The van der Waals surface area contributed by atoms with Crippen molar-refractivity contribution >= 4 is 11.9 Å². The molecule has 0 spiro atoms. The van der Waals surface area contributed by atoms with Gasteiger partial charge in [-0.2, -0.15) is 0 Å². The lowest BCUT2D eigenvalue weighted by molar-refractivity contribution is -0.137. The second-order valence-corrected chi connectivity index (χ2v) is 7.85. The van der Waals surface area contributed by atoms with E-state index < -0.39 is 5.97 Å². The summed E-state index contributed by atoms with van der Waals surface area (Å²) in [6, 6.07) is 17.2. The van der Waals surface area contributed by atoms with E-state index in [0.29, 0.717) is 29.9 Å². The third kappa shape index (κ3) is 5.58. The number of carboxylic acid groups (broad SMARTS) is 1. The van der Waals surface area contributed by atoms with E-state index in [9.17, 15) is 9.59 Å². The van der Waals surface area contributed by atoms with Gasteiger partial charge in [0.25, 0.3) is 5.91 Å². The van der Waals surface area contributed by atoms with E-state index in [4.69, 9.17) is 14.3 Å². The Morgan fingerprint density at radius 3 is 2.34 bits per heavy atom. The number of hydrogen-bond acceptors (Lipinski definition) is 4. The van der Waals surface area contributed by atoms with Gasteiger partial charge in [0.2, 0.25) is 0 Å². The summed E-state index contributed by atoms with van der Waals surface area (Å²) in [5.41, 5.74) is 3.00. The summed E-state index contributed by atoms with van der Waals surface area (Å²) in [6.45, 7) is 3.73. The molecule has 1 aromatic heterocycles. The molecule has 6 nitrogen and oxygen atoms in total. The van der Waals surface area contributed by atoms with Gasteiger partial charge in [0, 0.05) is 23.6 Å². The van der Waals surface area contributed by atoms with Crippen LogP contribution in [0, 0.1) is 6.92 Å². The molecule has 2 N–H and O–H groups in total. The molecule has 0 radical (unpaired) electrons. The molecule has 168 valence electrons. The minimum Gasteiger partial charge on any atom is -0.497 e. The Kier molecular flexibility index (Phi) is 7.71. The predicted molar refractivity (Wildman–Crippen MR) is 124 cm³/mol. The monoisotopic (exact) mass is 435 g/mol. The summed E-state index contributed by atoms with van der Waals surface area (Å²) >= 11 is 0. The van der Waals surface area contributed by atoms with Gasteiger partial charge in [0.15, 0.2) is 0 Å². The maximum Gasteiger partial charge on any atom is 0.303 e. The fourth-order valence-corrected chi connectivity index (χ4v) is 3.74. The van der Waals surface area contributed by atoms with Crippen LogP contribution in [0.1, 0.15) is 48.7 Å². The number of ether oxygens (including phenoxy) is 1.